The van der Waals surface area contributed by atoms with Crippen LogP contribution in [0.3, 0.4) is 0 Å². The lowest BCUT2D eigenvalue weighted by atomic mass is 10.1. The van der Waals surface area contributed by atoms with Crippen LogP contribution in [0.5, 0.6) is 0 Å². The first-order valence-corrected chi connectivity index (χ1v) is 10.0. The van der Waals surface area contributed by atoms with Gasteiger partial charge in [0.25, 0.3) is 0 Å². The number of nitrogens with two attached hydrogens (primary N) is 1. The van der Waals surface area contributed by atoms with Crippen molar-refractivity contribution in [2.75, 3.05) is 17.6 Å². The van der Waals surface area contributed by atoms with Gasteiger partial charge < -0.3 is 11.1 Å². The van der Waals surface area contributed by atoms with Gasteiger partial charge in [-0.05, 0) is 44.9 Å². The Morgan fingerprint density at radius 3 is 2.45 bits per heavy atom. The Morgan fingerprint density at radius 1 is 1.03 bits per heavy atom. The van der Waals surface area contributed by atoms with Gasteiger partial charge in [-0.3, -0.25) is 0 Å². The Morgan fingerprint density at radius 2 is 1.77 bits per heavy atom. The van der Waals surface area contributed by atoms with Crippen LogP contribution in [0.4, 0.5) is 20.5 Å². The highest BCUT2D eigenvalue weighted by Crippen LogP contribution is 2.35. The topological polar surface area (TPSA) is 81.7 Å². The molecule has 6 nitrogen and oxygen atoms in total. The molecule has 2 aromatic carbocycles. The first-order valence-electron chi connectivity index (χ1n) is 10.0. The van der Waals surface area contributed by atoms with E-state index in [1.54, 1.807) is 4.68 Å². The summed E-state index contributed by atoms with van der Waals surface area (Å²) in [7, 11) is 0. The van der Waals surface area contributed by atoms with Crippen molar-refractivity contribution in [3.8, 4) is 11.3 Å². The number of nitrogens with zero attached hydrogens (tertiary/aromatic N) is 4. The van der Waals surface area contributed by atoms with Crippen molar-refractivity contribution in [2.24, 2.45) is 0 Å². The highest BCUT2D eigenvalue weighted by atomic mass is 19.1. The summed E-state index contributed by atoms with van der Waals surface area (Å²) < 4.78 is 29.8. The Bertz CT molecular complexity index is 1230. The summed E-state index contributed by atoms with van der Waals surface area (Å²) in [5.41, 5.74) is 7.89. The molecule has 0 aliphatic heterocycles. The molecule has 2 aromatic heterocycles. The number of anilines is 2. The van der Waals surface area contributed by atoms with Crippen LogP contribution in [0.25, 0.3) is 22.3 Å². The second-order valence-electron chi connectivity index (χ2n) is 8.35. The number of nitrogen functional groups attached to an aromatic ring is 1. The molecule has 8 heteroatoms. The van der Waals surface area contributed by atoms with Crippen molar-refractivity contribution in [1.29, 1.82) is 0 Å². The van der Waals surface area contributed by atoms with Gasteiger partial charge in [0.2, 0.25) is 5.95 Å². The van der Waals surface area contributed by atoms with Crippen LogP contribution in [0, 0.1) is 11.6 Å². The first kappa shape index (κ1) is 20.7. The van der Waals surface area contributed by atoms with Crippen LogP contribution in [-0.2, 0) is 12.0 Å². The third kappa shape index (κ3) is 4.19. The smallest absolute Gasteiger partial charge is 0.225 e. The number of halogens is 2. The highest BCUT2D eigenvalue weighted by Gasteiger charge is 2.25. The molecule has 0 saturated heterocycles. The lowest BCUT2D eigenvalue weighted by Crippen LogP contribution is -2.24. The van der Waals surface area contributed by atoms with Crippen molar-refractivity contribution in [2.45, 2.75) is 32.7 Å². The maximum absolute atomic E-state index is 14.7. The molecule has 0 unspecified atom stereocenters. The zero-order chi connectivity index (χ0) is 22.2. The molecule has 4 rings (SSSR count). The summed E-state index contributed by atoms with van der Waals surface area (Å²) in [5, 5.41) is 8.17. The number of hydrogen-bond acceptors (Lipinski definition) is 5. The van der Waals surface area contributed by atoms with Gasteiger partial charge in [-0.1, -0.05) is 30.3 Å². The van der Waals surface area contributed by atoms with E-state index in [-0.39, 0.29) is 11.3 Å². The number of hydrogen-bond donors (Lipinski definition) is 2. The van der Waals surface area contributed by atoms with Crippen molar-refractivity contribution < 1.29 is 8.78 Å². The average Bonchev–Trinajstić information content (AvgIpc) is 3.05. The molecule has 4 aromatic rings. The normalized spacial score (nSPS) is 11.8. The summed E-state index contributed by atoms with van der Waals surface area (Å²) in [5.74, 6) is -0.748. The number of aromatic nitrogens is 4. The number of rotatable bonds is 5. The molecule has 31 heavy (non-hydrogen) atoms. The van der Waals surface area contributed by atoms with Gasteiger partial charge in [-0.25, -0.2) is 18.4 Å². The molecule has 0 spiro atoms. The van der Waals surface area contributed by atoms with Crippen LogP contribution in [0.15, 0.2) is 48.5 Å². The lowest BCUT2D eigenvalue weighted by molar-refractivity contribution is 0.364. The molecule has 3 N–H and O–H groups in total. The van der Waals surface area contributed by atoms with Gasteiger partial charge in [-0.15, -0.1) is 5.10 Å². The van der Waals surface area contributed by atoms with Gasteiger partial charge in [0, 0.05) is 18.2 Å². The van der Waals surface area contributed by atoms with Crippen molar-refractivity contribution in [3.05, 3.63) is 65.7 Å². The minimum Gasteiger partial charge on any atom is -0.383 e. The van der Waals surface area contributed by atoms with Crippen molar-refractivity contribution >= 4 is 22.8 Å². The fourth-order valence-electron chi connectivity index (χ4n) is 3.44. The van der Waals surface area contributed by atoms with E-state index in [1.165, 1.54) is 17.7 Å². The molecule has 0 radical (unpaired) electrons. The third-order valence-corrected chi connectivity index (χ3v) is 4.93. The monoisotopic (exact) mass is 422 g/mol. The minimum absolute atomic E-state index is 0.139. The Labute approximate surface area is 179 Å². The lowest BCUT2D eigenvalue weighted by Gasteiger charge is -2.20. The molecule has 160 valence electrons. The van der Waals surface area contributed by atoms with Gasteiger partial charge in [-0.2, -0.15) is 4.98 Å². The van der Waals surface area contributed by atoms with E-state index in [0.717, 1.165) is 12.5 Å². The van der Waals surface area contributed by atoms with Gasteiger partial charge in [0.1, 0.15) is 17.5 Å². The SMILES string of the molecule is CC(C)(C)n1nc2nc(NCCc3ccccc3)nc(-c3ccc(F)cc3F)c2c1N. The first-order chi connectivity index (χ1) is 14.7. The van der Waals surface area contributed by atoms with Crippen molar-refractivity contribution in [1.82, 2.24) is 19.7 Å². The summed E-state index contributed by atoms with van der Waals surface area (Å²) in [4.78, 5) is 9.04. The van der Waals surface area contributed by atoms with E-state index < -0.39 is 17.2 Å². The van der Waals surface area contributed by atoms with Crippen LogP contribution < -0.4 is 11.1 Å². The molecule has 0 saturated carbocycles. The standard InChI is InChI=1S/C23H24F2N6/c1-23(2,3)31-20(26)18-19(16-10-9-15(24)13-17(16)25)28-22(29-21(18)30-31)27-12-11-14-7-5-4-6-8-14/h4-10,13H,11-12,26H2,1-3H3,(H,27,29,30). The molecular weight excluding hydrogens is 398 g/mol. The second-order valence-corrected chi connectivity index (χ2v) is 8.35. The van der Waals surface area contributed by atoms with Crippen molar-refractivity contribution in [3.63, 3.8) is 0 Å². The summed E-state index contributed by atoms with van der Waals surface area (Å²) >= 11 is 0. The van der Waals surface area contributed by atoms with E-state index in [2.05, 4.69) is 20.4 Å². The second kappa shape index (κ2) is 7.94. The van der Waals surface area contributed by atoms with E-state index in [1.807, 2.05) is 51.1 Å². The van der Waals surface area contributed by atoms with E-state index in [4.69, 9.17) is 5.73 Å². The van der Waals surface area contributed by atoms with Gasteiger partial charge in [0.05, 0.1) is 16.6 Å². The maximum atomic E-state index is 14.7. The molecule has 0 bridgehead atoms. The summed E-state index contributed by atoms with van der Waals surface area (Å²) in [6.45, 7) is 6.45. The van der Waals surface area contributed by atoms with Crippen LogP contribution in [-0.4, -0.2) is 26.3 Å². The molecule has 2 heterocycles. The Balaban J connectivity index is 1.79. The fraction of sp³-hybridized carbons (Fsp3) is 0.261. The maximum Gasteiger partial charge on any atom is 0.225 e. The Hall–Kier alpha value is -3.55. The molecule has 0 aliphatic carbocycles. The predicted molar refractivity (Wildman–Crippen MR) is 119 cm³/mol. The minimum atomic E-state index is -0.724. The van der Waals surface area contributed by atoms with Crippen LogP contribution in [0.2, 0.25) is 0 Å². The largest absolute Gasteiger partial charge is 0.383 e. The van der Waals surface area contributed by atoms with Crippen LogP contribution >= 0.6 is 0 Å². The highest BCUT2D eigenvalue weighted by molar-refractivity contribution is 5.99. The van der Waals surface area contributed by atoms with Gasteiger partial charge in [0.15, 0.2) is 5.65 Å². The van der Waals surface area contributed by atoms with Gasteiger partial charge >= 0.3 is 0 Å². The Kier molecular flexibility index (Phi) is 5.31. The molecule has 0 fully saturated rings. The summed E-state index contributed by atoms with van der Waals surface area (Å²) in [6.07, 6.45) is 0.765. The molecule has 0 atom stereocenters. The van der Waals surface area contributed by atoms with E-state index >= 15 is 0 Å². The van der Waals surface area contributed by atoms with Crippen LogP contribution in [0.1, 0.15) is 26.3 Å². The van der Waals surface area contributed by atoms with E-state index in [0.29, 0.717) is 29.3 Å². The molecular formula is C23H24F2N6. The number of benzene rings is 2. The predicted octanol–water partition coefficient (Wildman–Crippen LogP) is 4.76. The summed E-state index contributed by atoms with van der Waals surface area (Å²) in [6, 6.07) is 13.4. The fourth-order valence-corrected chi connectivity index (χ4v) is 3.44. The number of fused-ring (bicyclic) bond motifs is 1. The van der Waals surface area contributed by atoms with E-state index in [9.17, 15) is 8.78 Å². The zero-order valence-electron chi connectivity index (χ0n) is 17.7. The molecule has 0 aliphatic rings. The third-order valence-electron chi connectivity index (χ3n) is 4.93. The number of nitrogens with one attached hydrogen (secondary N) is 1. The quantitative estimate of drug-likeness (QED) is 0.484. The zero-order valence-corrected chi connectivity index (χ0v) is 17.7. The molecule has 0 amide bonds. The average molecular weight is 422 g/mol.